The molecule has 0 saturated heterocycles. The predicted octanol–water partition coefficient (Wildman–Crippen LogP) is 1.80. The number of carbonyl (C=O) groups excluding carboxylic acids is 2. The van der Waals surface area contributed by atoms with Crippen molar-refractivity contribution >= 4 is 11.8 Å². The van der Waals surface area contributed by atoms with Crippen LogP contribution in [0.2, 0.25) is 0 Å². The molecule has 6 nitrogen and oxygen atoms in total. The van der Waals surface area contributed by atoms with Crippen LogP contribution in [0.5, 0.6) is 11.6 Å². The molecule has 1 rings (SSSR count). The highest BCUT2D eigenvalue weighted by molar-refractivity contribution is 5.98. The summed E-state index contributed by atoms with van der Waals surface area (Å²) in [5, 5.41) is 0. The minimum absolute atomic E-state index is 0.0741. The van der Waals surface area contributed by atoms with Crippen molar-refractivity contribution in [2.75, 3.05) is 20.8 Å². The SMILES string of the molecule is CCOC(=O)Cc1nc(OC)c(OC)cc1C(=O)CC. The Morgan fingerprint density at radius 3 is 2.40 bits per heavy atom. The van der Waals surface area contributed by atoms with E-state index in [0.29, 0.717) is 23.4 Å². The number of hydrogen-bond donors (Lipinski definition) is 0. The van der Waals surface area contributed by atoms with E-state index < -0.39 is 5.97 Å². The van der Waals surface area contributed by atoms with Gasteiger partial charge in [0, 0.05) is 12.0 Å². The maximum atomic E-state index is 12.0. The van der Waals surface area contributed by atoms with E-state index in [1.165, 1.54) is 14.2 Å². The van der Waals surface area contributed by atoms with E-state index in [1.807, 2.05) is 0 Å². The van der Waals surface area contributed by atoms with Gasteiger partial charge in [-0.2, -0.15) is 0 Å². The second kappa shape index (κ2) is 7.47. The van der Waals surface area contributed by atoms with E-state index in [2.05, 4.69) is 4.98 Å². The summed E-state index contributed by atoms with van der Waals surface area (Å²) in [4.78, 5) is 27.7. The largest absolute Gasteiger partial charge is 0.491 e. The quantitative estimate of drug-likeness (QED) is 0.560. The van der Waals surface area contributed by atoms with Crippen LogP contribution in [0, 0.1) is 0 Å². The number of methoxy groups -OCH3 is 2. The van der Waals surface area contributed by atoms with Crippen molar-refractivity contribution in [1.82, 2.24) is 4.98 Å². The first kappa shape index (κ1) is 15.9. The molecule has 0 fully saturated rings. The Morgan fingerprint density at radius 1 is 1.20 bits per heavy atom. The zero-order chi connectivity index (χ0) is 15.1. The lowest BCUT2D eigenvalue weighted by Gasteiger charge is -2.12. The highest BCUT2D eigenvalue weighted by atomic mass is 16.5. The summed E-state index contributed by atoms with van der Waals surface area (Å²) in [7, 11) is 2.91. The lowest BCUT2D eigenvalue weighted by molar-refractivity contribution is -0.142. The average Bonchev–Trinajstić information content (AvgIpc) is 2.46. The number of Topliss-reactive ketones (excluding diaryl/α,β-unsaturated/α-hetero) is 1. The summed E-state index contributed by atoms with van der Waals surface area (Å²) in [6.07, 6.45) is 0.238. The second-order valence-electron chi connectivity index (χ2n) is 3.95. The summed E-state index contributed by atoms with van der Waals surface area (Å²) < 4.78 is 15.1. The van der Waals surface area contributed by atoms with Gasteiger partial charge in [-0.1, -0.05) is 6.92 Å². The first-order chi connectivity index (χ1) is 9.57. The highest BCUT2D eigenvalue weighted by Gasteiger charge is 2.19. The first-order valence-electron chi connectivity index (χ1n) is 6.38. The average molecular weight is 281 g/mol. The minimum atomic E-state index is -0.433. The topological polar surface area (TPSA) is 74.7 Å². The molecular weight excluding hydrogens is 262 g/mol. The summed E-state index contributed by atoms with van der Waals surface area (Å²) in [5.41, 5.74) is 0.700. The fourth-order valence-corrected chi connectivity index (χ4v) is 1.72. The minimum Gasteiger partial charge on any atom is -0.491 e. The van der Waals surface area contributed by atoms with E-state index in [-0.39, 0.29) is 24.7 Å². The molecule has 0 aliphatic rings. The van der Waals surface area contributed by atoms with Crippen LogP contribution in [0.3, 0.4) is 0 Å². The van der Waals surface area contributed by atoms with Gasteiger partial charge < -0.3 is 14.2 Å². The Hall–Kier alpha value is -2.11. The number of aromatic nitrogens is 1. The number of ketones is 1. The molecule has 0 spiro atoms. The standard InChI is InChI=1S/C14H19NO5/c1-5-11(16)9-7-12(18-3)14(19-4)15-10(9)8-13(17)20-6-2/h7H,5-6,8H2,1-4H3. The lowest BCUT2D eigenvalue weighted by Crippen LogP contribution is -2.14. The van der Waals surface area contributed by atoms with Crippen molar-refractivity contribution in [2.24, 2.45) is 0 Å². The zero-order valence-corrected chi connectivity index (χ0v) is 12.2. The molecule has 110 valence electrons. The molecule has 0 saturated carbocycles. The molecular formula is C14H19NO5. The third kappa shape index (κ3) is 3.69. The van der Waals surface area contributed by atoms with Crippen LogP contribution in [0.25, 0.3) is 0 Å². The monoisotopic (exact) mass is 281 g/mol. The number of hydrogen-bond acceptors (Lipinski definition) is 6. The lowest BCUT2D eigenvalue weighted by atomic mass is 10.0. The Bertz CT molecular complexity index is 499. The molecule has 0 N–H and O–H groups in total. The fourth-order valence-electron chi connectivity index (χ4n) is 1.72. The summed E-state index contributed by atoms with van der Waals surface area (Å²) >= 11 is 0. The first-order valence-corrected chi connectivity index (χ1v) is 6.38. The van der Waals surface area contributed by atoms with Crippen LogP contribution in [0.15, 0.2) is 6.07 Å². The number of carbonyl (C=O) groups is 2. The number of pyridine rings is 1. The maximum absolute atomic E-state index is 12.0. The van der Waals surface area contributed by atoms with Crippen molar-refractivity contribution in [3.63, 3.8) is 0 Å². The van der Waals surface area contributed by atoms with Crippen molar-refractivity contribution in [3.05, 3.63) is 17.3 Å². The van der Waals surface area contributed by atoms with Crippen LogP contribution < -0.4 is 9.47 Å². The summed E-state index contributed by atoms with van der Waals surface area (Å²) in [6.45, 7) is 3.74. The third-order valence-electron chi connectivity index (χ3n) is 2.69. The van der Waals surface area contributed by atoms with Crippen LogP contribution in [-0.4, -0.2) is 37.6 Å². The molecule has 1 aromatic heterocycles. The van der Waals surface area contributed by atoms with Crippen molar-refractivity contribution in [1.29, 1.82) is 0 Å². The molecule has 0 aliphatic heterocycles. The Labute approximate surface area is 118 Å². The number of esters is 1. The molecule has 1 heterocycles. The van der Waals surface area contributed by atoms with Gasteiger partial charge in [0.25, 0.3) is 5.88 Å². The fraction of sp³-hybridized carbons (Fsp3) is 0.500. The normalized spacial score (nSPS) is 10.0. The Morgan fingerprint density at radius 2 is 1.90 bits per heavy atom. The molecule has 20 heavy (non-hydrogen) atoms. The van der Waals surface area contributed by atoms with Crippen molar-refractivity contribution in [2.45, 2.75) is 26.7 Å². The molecule has 0 aromatic carbocycles. The number of rotatable bonds is 7. The van der Waals surface area contributed by atoms with Gasteiger partial charge in [0.1, 0.15) is 0 Å². The Kier molecular flexibility index (Phi) is 5.96. The van der Waals surface area contributed by atoms with Crippen LogP contribution in [0.4, 0.5) is 0 Å². The van der Waals surface area contributed by atoms with Crippen LogP contribution >= 0.6 is 0 Å². The van der Waals surface area contributed by atoms with E-state index in [9.17, 15) is 9.59 Å². The van der Waals surface area contributed by atoms with E-state index in [4.69, 9.17) is 14.2 Å². The van der Waals surface area contributed by atoms with Gasteiger partial charge >= 0.3 is 5.97 Å². The van der Waals surface area contributed by atoms with Gasteiger partial charge in [-0.05, 0) is 13.0 Å². The van der Waals surface area contributed by atoms with E-state index in [1.54, 1.807) is 19.9 Å². The van der Waals surface area contributed by atoms with Crippen LogP contribution in [-0.2, 0) is 16.0 Å². The molecule has 6 heteroatoms. The van der Waals surface area contributed by atoms with Gasteiger partial charge in [0.15, 0.2) is 11.5 Å². The smallest absolute Gasteiger partial charge is 0.311 e. The molecule has 0 amide bonds. The molecule has 0 bridgehead atoms. The van der Waals surface area contributed by atoms with E-state index in [0.717, 1.165) is 0 Å². The van der Waals surface area contributed by atoms with Crippen LogP contribution in [0.1, 0.15) is 36.3 Å². The predicted molar refractivity (Wildman–Crippen MR) is 72.3 cm³/mol. The second-order valence-corrected chi connectivity index (χ2v) is 3.95. The van der Waals surface area contributed by atoms with Crippen molar-refractivity contribution < 1.29 is 23.8 Å². The number of ether oxygens (including phenoxy) is 3. The molecule has 1 aromatic rings. The zero-order valence-electron chi connectivity index (χ0n) is 12.2. The molecule has 0 aliphatic carbocycles. The van der Waals surface area contributed by atoms with E-state index >= 15 is 0 Å². The molecule has 0 unspecified atom stereocenters. The Balaban J connectivity index is 3.23. The van der Waals surface area contributed by atoms with Gasteiger partial charge in [-0.25, -0.2) is 4.98 Å². The van der Waals surface area contributed by atoms with Gasteiger partial charge in [-0.3, -0.25) is 9.59 Å². The van der Waals surface area contributed by atoms with Crippen molar-refractivity contribution in [3.8, 4) is 11.6 Å². The number of nitrogens with zero attached hydrogens (tertiary/aromatic N) is 1. The summed E-state index contributed by atoms with van der Waals surface area (Å²) in [5.74, 6) is 0.0477. The highest BCUT2D eigenvalue weighted by Crippen LogP contribution is 2.28. The van der Waals surface area contributed by atoms with Gasteiger partial charge in [-0.15, -0.1) is 0 Å². The summed E-state index contributed by atoms with van der Waals surface area (Å²) in [6, 6.07) is 1.55. The molecule has 0 radical (unpaired) electrons. The molecule has 0 atom stereocenters. The maximum Gasteiger partial charge on any atom is 0.311 e. The van der Waals surface area contributed by atoms with Gasteiger partial charge in [0.2, 0.25) is 0 Å². The van der Waals surface area contributed by atoms with Gasteiger partial charge in [0.05, 0.1) is 32.9 Å². The third-order valence-corrected chi connectivity index (χ3v) is 2.69.